The fraction of sp³-hybridized carbons (Fsp3) is 0.533. The normalized spacial score (nSPS) is 18.3. The molecule has 0 aromatic heterocycles. The van der Waals surface area contributed by atoms with Gasteiger partial charge in [-0.05, 0) is 31.4 Å². The Morgan fingerprint density at radius 2 is 2.05 bits per heavy atom. The highest BCUT2D eigenvalue weighted by Crippen LogP contribution is 2.30. The minimum atomic E-state index is -1.32. The third kappa shape index (κ3) is 3.14. The summed E-state index contributed by atoms with van der Waals surface area (Å²) < 4.78 is 0. The highest BCUT2D eigenvalue weighted by molar-refractivity contribution is 5.80. The van der Waals surface area contributed by atoms with Crippen molar-refractivity contribution < 1.29 is 9.90 Å². The second-order valence-corrected chi connectivity index (χ2v) is 5.34. The lowest BCUT2D eigenvalue weighted by Crippen LogP contribution is -2.54. The maximum absolute atomic E-state index is 11.7. The molecule has 0 heterocycles. The summed E-state index contributed by atoms with van der Waals surface area (Å²) in [7, 11) is 0. The van der Waals surface area contributed by atoms with E-state index in [2.05, 4.69) is 11.8 Å². The van der Waals surface area contributed by atoms with Crippen LogP contribution in [0.3, 0.4) is 0 Å². The molecule has 1 atom stereocenters. The van der Waals surface area contributed by atoms with Gasteiger partial charge in [-0.2, -0.15) is 0 Å². The Morgan fingerprint density at radius 3 is 2.53 bits per heavy atom. The lowest BCUT2D eigenvalue weighted by molar-refractivity contribution is -0.144. The largest absolute Gasteiger partial charge is 0.480 e. The molecule has 1 unspecified atom stereocenters. The minimum Gasteiger partial charge on any atom is -0.480 e. The monoisotopic (exact) mass is 262 g/mol. The molecule has 1 saturated carbocycles. The Kier molecular flexibility index (Phi) is 4.22. The first-order valence-electron chi connectivity index (χ1n) is 6.89. The maximum atomic E-state index is 11.7. The van der Waals surface area contributed by atoms with E-state index in [-0.39, 0.29) is 0 Å². The van der Waals surface area contributed by atoms with Crippen molar-refractivity contribution in [2.45, 2.75) is 37.8 Å². The second-order valence-electron chi connectivity index (χ2n) is 5.34. The number of carboxylic acids is 1. The summed E-state index contributed by atoms with van der Waals surface area (Å²) >= 11 is 0. The zero-order chi connectivity index (χ0) is 13.9. The smallest absolute Gasteiger partial charge is 0.329 e. The van der Waals surface area contributed by atoms with Crippen molar-refractivity contribution in [1.29, 1.82) is 0 Å². The molecule has 1 aliphatic carbocycles. The quantitative estimate of drug-likeness (QED) is 0.786. The van der Waals surface area contributed by atoms with E-state index in [4.69, 9.17) is 5.73 Å². The molecular weight excluding hydrogens is 240 g/mol. The van der Waals surface area contributed by atoms with Gasteiger partial charge in [0.1, 0.15) is 0 Å². The molecule has 1 aromatic rings. The highest BCUT2D eigenvalue weighted by atomic mass is 16.4. The summed E-state index contributed by atoms with van der Waals surface area (Å²) in [5, 5.41) is 9.55. The molecule has 2 rings (SSSR count). The lowest BCUT2D eigenvalue weighted by Gasteiger charge is -2.32. The Hall–Kier alpha value is -1.39. The zero-order valence-corrected chi connectivity index (χ0v) is 11.4. The molecule has 4 nitrogen and oxygen atoms in total. The van der Waals surface area contributed by atoms with Crippen LogP contribution in [0.15, 0.2) is 30.3 Å². The van der Waals surface area contributed by atoms with Crippen molar-refractivity contribution in [2.75, 3.05) is 13.1 Å². The number of benzene rings is 1. The van der Waals surface area contributed by atoms with Crippen LogP contribution < -0.4 is 5.73 Å². The molecule has 4 heteroatoms. The third-order valence-electron chi connectivity index (χ3n) is 3.70. The van der Waals surface area contributed by atoms with E-state index >= 15 is 0 Å². The molecule has 1 aliphatic rings. The number of carboxylic acid groups (broad SMARTS) is 1. The molecule has 0 aliphatic heterocycles. The Balaban J connectivity index is 2.21. The average molecular weight is 262 g/mol. The second kappa shape index (κ2) is 5.72. The van der Waals surface area contributed by atoms with Gasteiger partial charge in [0.25, 0.3) is 0 Å². The van der Waals surface area contributed by atoms with Crippen LogP contribution >= 0.6 is 0 Å². The van der Waals surface area contributed by atoms with Crippen LogP contribution in [0.5, 0.6) is 0 Å². The predicted molar refractivity (Wildman–Crippen MR) is 74.8 cm³/mol. The van der Waals surface area contributed by atoms with Crippen LogP contribution in [-0.4, -0.2) is 35.1 Å². The average Bonchev–Trinajstić information content (AvgIpc) is 3.23. The SMILES string of the molecule is CCCN(CC(N)(C(=O)O)c1ccccc1)C1CC1. The van der Waals surface area contributed by atoms with Crippen molar-refractivity contribution in [2.24, 2.45) is 5.73 Å². The van der Waals surface area contributed by atoms with Crippen molar-refractivity contribution in [3.8, 4) is 0 Å². The third-order valence-corrected chi connectivity index (χ3v) is 3.70. The maximum Gasteiger partial charge on any atom is 0.329 e. The van der Waals surface area contributed by atoms with E-state index in [1.165, 1.54) is 0 Å². The van der Waals surface area contributed by atoms with Crippen molar-refractivity contribution >= 4 is 5.97 Å². The van der Waals surface area contributed by atoms with E-state index in [0.717, 1.165) is 25.8 Å². The van der Waals surface area contributed by atoms with Crippen LogP contribution in [0.1, 0.15) is 31.7 Å². The molecule has 3 N–H and O–H groups in total. The number of nitrogens with two attached hydrogens (primary N) is 1. The Bertz CT molecular complexity index is 431. The minimum absolute atomic E-state index is 0.380. The molecule has 0 bridgehead atoms. The number of hydrogen-bond donors (Lipinski definition) is 2. The van der Waals surface area contributed by atoms with E-state index in [9.17, 15) is 9.90 Å². The summed E-state index contributed by atoms with van der Waals surface area (Å²) in [5.41, 5.74) is 5.57. The van der Waals surface area contributed by atoms with Gasteiger partial charge in [-0.15, -0.1) is 0 Å². The van der Waals surface area contributed by atoms with E-state index in [1.807, 2.05) is 18.2 Å². The molecule has 0 radical (unpaired) electrons. The van der Waals surface area contributed by atoms with E-state index < -0.39 is 11.5 Å². The molecule has 1 aromatic carbocycles. The number of aliphatic carboxylic acids is 1. The van der Waals surface area contributed by atoms with Crippen LogP contribution in [0, 0.1) is 0 Å². The number of nitrogens with zero attached hydrogens (tertiary/aromatic N) is 1. The number of rotatable bonds is 7. The predicted octanol–water partition coefficient (Wildman–Crippen LogP) is 1.80. The number of hydrogen-bond acceptors (Lipinski definition) is 3. The van der Waals surface area contributed by atoms with Gasteiger partial charge >= 0.3 is 5.97 Å². The molecule has 0 saturated heterocycles. The van der Waals surface area contributed by atoms with Gasteiger partial charge in [0.15, 0.2) is 5.54 Å². The standard InChI is InChI=1S/C15H22N2O2/c1-2-10-17(13-8-9-13)11-15(16,14(18)19)12-6-4-3-5-7-12/h3-7,13H,2,8-11,16H2,1H3,(H,18,19). The fourth-order valence-electron chi connectivity index (χ4n) is 2.46. The number of carbonyl (C=O) groups is 1. The molecule has 19 heavy (non-hydrogen) atoms. The van der Waals surface area contributed by atoms with Crippen LogP contribution in [0.4, 0.5) is 0 Å². The molecule has 104 valence electrons. The van der Waals surface area contributed by atoms with Crippen molar-refractivity contribution in [3.63, 3.8) is 0 Å². The molecule has 0 spiro atoms. The summed E-state index contributed by atoms with van der Waals surface area (Å²) in [6.45, 7) is 3.39. The van der Waals surface area contributed by atoms with Gasteiger partial charge in [0, 0.05) is 12.6 Å². The van der Waals surface area contributed by atoms with Gasteiger partial charge in [0.05, 0.1) is 0 Å². The van der Waals surface area contributed by atoms with Gasteiger partial charge in [-0.25, -0.2) is 4.79 Å². The summed E-state index contributed by atoms with van der Waals surface area (Å²) in [4.78, 5) is 13.9. The van der Waals surface area contributed by atoms with Gasteiger partial charge in [-0.3, -0.25) is 4.90 Å². The first-order chi connectivity index (χ1) is 9.08. The van der Waals surface area contributed by atoms with E-state index in [0.29, 0.717) is 18.2 Å². The lowest BCUT2D eigenvalue weighted by atomic mass is 9.90. The van der Waals surface area contributed by atoms with E-state index in [1.54, 1.807) is 12.1 Å². The van der Waals surface area contributed by atoms with Crippen LogP contribution in [-0.2, 0) is 10.3 Å². The summed E-state index contributed by atoms with van der Waals surface area (Å²) in [6, 6.07) is 9.65. The first kappa shape index (κ1) is 14.0. The molecular formula is C15H22N2O2. The molecule has 0 amide bonds. The Morgan fingerprint density at radius 1 is 1.42 bits per heavy atom. The van der Waals surface area contributed by atoms with Crippen LogP contribution in [0.2, 0.25) is 0 Å². The van der Waals surface area contributed by atoms with Crippen molar-refractivity contribution in [3.05, 3.63) is 35.9 Å². The Labute approximate surface area is 114 Å². The summed E-state index contributed by atoms with van der Waals surface area (Å²) in [5.74, 6) is -0.958. The zero-order valence-electron chi connectivity index (χ0n) is 11.4. The van der Waals surface area contributed by atoms with Gasteiger partial charge < -0.3 is 10.8 Å². The summed E-state index contributed by atoms with van der Waals surface area (Å²) in [6.07, 6.45) is 3.33. The van der Waals surface area contributed by atoms with Gasteiger partial charge in [0.2, 0.25) is 0 Å². The highest BCUT2D eigenvalue weighted by Gasteiger charge is 2.41. The first-order valence-corrected chi connectivity index (χ1v) is 6.89. The van der Waals surface area contributed by atoms with Gasteiger partial charge in [-0.1, -0.05) is 37.3 Å². The topological polar surface area (TPSA) is 66.6 Å². The van der Waals surface area contributed by atoms with Crippen molar-refractivity contribution in [1.82, 2.24) is 4.90 Å². The molecule has 1 fully saturated rings. The van der Waals surface area contributed by atoms with Crippen LogP contribution in [0.25, 0.3) is 0 Å². The fourth-order valence-corrected chi connectivity index (χ4v) is 2.46.